The van der Waals surface area contributed by atoms with Crippen LogP contribution in [0.25, 0.3) is 0 Å². The average Bonchev–Trinajstić information content (AvgIpc) is 2.60. The standard InChI is InChI=1S/C11H21NO3/c1-2-3-4-5-11(15)12-6-9(8-13)10(14)7-12/h9-10,13-14H,2-8H2,1H3. The summed E-state index contributed by atoms with van der Waals surface area (Å²) >= 11 is 0. The van der Waals surface area contributed by atoms with Crippen molar-refractivity contribution in [1.29, 1.82) is 0 Å². The van der Waals surface area contributed by atoms with Crippen LogP contribution in [0.2, 0.25) is 0 Å². The van der Waals surface area contributed by atoms with Crippen LogP contribution in [0.15, 0.2) is 0 Å². The van der Waals surface area contributed by atoms with E-state index in [4.69, 9.17) is 5.11 Å². The number of β-amino-alcohol motifs (C(OH)–C–C–N with tert-alkyl or cyclic N) is 1. The largest absolute Gasteiger partial charge is 0.396 e. The third-order valence-corrected chi connectivity index (χ3v) is 2.99. The summed E-state index contributed by atoms with van der Waals surface area (Å²) in [6.45, 7) is 2.95. The number of carbonyl (C=O) groups excluding carboxylic acids is 1. The minimum atomic E-state index is -0.551. The zero-order valence-electron chi connectivity index (χ0n) is 9.35. The highest BCUT2D eigenvalue weighted by atomic mass is 16.3. The topological polar surface area (TPSA) is 60.8 Å². The molecule has 1 fully saturated rings. The van der Waals surface area contributed by atoms with Crippen molar-refractivity contribution in [3.63, 3.8) is 0 Å². The van der Waals surface area contributed by atoms with Crippen LogP contribution in [-0.2, 0) is 4.79 Å². The fourth-order valence-electron chi connectivity index (χ4n) is 1.92. The Balaban J connectivity index is 2.29. The lowest BCUT2D eigenvalue weighted by Crippen LogP contribution is -2.29. The average molecular weight is 215 g/mol. The molecule has 1 rings (SSSR count). The van der Waals surface area contributed by atoms with Crippen LogP contribution in [0, 0.1) is 5.92 Å². The molecule has 0 aromatic heterocycles. The molecule has 1 amide bonds. The normalized spacial score (nSPS) is 25.9. The molecule has 0 aliphatic carbocycles. The number of aliphatic hydroxyl groups excluding tert-OH is 2. The highest BCUT2D eigenvalue weighted by Gasteiger charge is 2.32. The molecule has 0 bridgehead atoms. The van der Waals surface area contributed by atoms with Crippen LogP contribution >= 0.6 is 0 Å². The van der Waals surface area contributed by atoms with Crippen LogP contribution in [0.5, 0.6) is 0 Å². The molecule has 2 atom stereocenters. The van der Waals surface area contributed by atoms with Crippen LogP contribution < -0.4 is 0 Å². The molecule has 1 saturated heterocycles. The summed E-state index contributed by atoms with van der Waals surface area (Å²) in [5.74, 6) is -0.0430. The van der Waals surface area contributed by atoms with E-state index in [2.05, 4.69) is 6.92 Å². The molecule has 0 spiro atoms. The predicted octanol–water partition coefficient (Wildman–Crippen LogP) is 0.378. The van der Waals surface area contributed by atoms with Crippen molar-refractivity contribution >= 4 is 5.91 Å². The number of likely N-dealkylation sites (tertiary alicyclic amines) is 1. The Bertz CT molecular complexity index is 208. The number of amides is 1. The molecule has 88 valence electrons. The van der Waals surface area contributed by atoms with E-state index in [1.165, 1.54) is 0 Å². The quantitative estimate of drug-likeness (QED) is 0.652. The maximum atomic E-state index is 11.7. The molecule has 15 heavy (non-hydrogen) atoms. The first-order chi connectivity index (χ1) is 7.19. The van der Waals surface area contributed by atoms with E-state index in [1.54, 1.807) is 4.90 Å². The predicted molar refractivity (Wildman–Crippen MR) is 57.3 cm³/mol. The molecule has 0 aromatic carbocycles. The lowest BCUT2D eigenvalue weighted by Gasteiger charge is -2.15. The molecular weight excluding hydrogens is 194 g/mol. The van der Waals surface area contributed by atoms with Gasteiger partial charge in [0.05, 0.1) is 12.7 Å². The van der Waals surface area contributed by atoms with Crippen molar-refractivity contribution in [2.45, 2.75) is 38.7 Å². The SMILES string of the molecule is CCCCCC(=O)N1CC(O)C(CO)C1. The fraction of sp³-hybridized carbons (Fsp3) is 0.909. The number of unbranched alkanes of at least 4 members (excludes halogenated alkanes) is 2. The second-order valence-corrected chi connectivity index (χ2v) is 4.27. The van der Waals surface area contributed by atoms with E-state index < -0.39 is 6.10 Å². The van der Waals surface area contributed by atoms with Gasteiger partial charge in [0.15, 0.2) is 0 Å². The third kappa shape index (κ3) is 3.47. The van der Waals surface area contributed by atoms with Gasteiger partial charge in [-0.2, -0.15) is 0 Å². The van der Waals surface area contributed by atoms with Crippen LogP contribution in [0.3, 0.4) is 0 Å². The van der Waals surface area contributed by atoms with Crippen LogP contribution in [0.4, 0.5) is 0 Å². The molecule has 4 nitrogen and oxygen atoms in total. The summed E-state index contributed by atoms with van der Waals surface area (Å²) in [6.07, 6.45) is 3.12. The van der Waals surface area contributed by atoms with Crippen molar-refractivity contribution in [3.8, 4) is 0 Å². The molecule has 2 unspecified atom stereocenters. The van der Waals surface area contributed by atoms with E-state index in [0.717, 1.165) is 19.3 Å². The van der Waals surface area contributed by atoms with Crippen molar-refractivity contribution < 1.29 is 15.0 Å². The summed E-state index contributed by atoms with van der Waals surface area (Å²) in [5, 5.41) is 18.5. The first-order valence-corrected chi connectivity index (χ1v) is 5.75. The molecule has 4 heteroatoms. The van der Waals surface area contributed by atoms with E-state index in [9.17, 15) is 9.90 Å². The first kappa shape index (κ1) is 12.5. The molecule has 1 aliphatic rings. The van der Waals surface area contributed by atoms with Gasteiger partial charge in [0.1, 0.15) is 0 Å². The Morgan fingerprint density at radius 3 is 2.67 bits per heavy atom. The molecule has 1 heterocycles. The second kappa shape index (κ2) is 6.08. The van der Waals surface area contributed by atoms with Gasteiger partial charge in [-0.25, -0.2) is 0 Å². The van der Waals surface area contributed by atoms with Crippen LogP contribution in [0.1, 0.15) is 32.6 Å². The maximum absolute atomic E-state index is 11.7. The summed E-state index contributed by atoms with van der Waals surface area (Å²) in [7, 11) is 0. The first-order valence-electron chi connectivity index (χ1n) is 5.75. The van der Waals surface area contributed by atoms with E-state index in [0.29, 0.717) is 19.5 Å². The van der Waals surface area contributed by atoms with Gasteiger partial charge < -0.3 is 15.1 Å². The number of hydrogen-bond acceptors (Lipinski definition) is 3. The molecular formula is C11H21NO3. The number of rotatable bonds is 5. The Labute approximate surface area is 90.9 Å². The molecule has 0 saturated carbocycles. The van der Waals surface area contributed by atoms with Gasteiger partial charge in [-0.05, 0) is 6.42 Å². The summed E-state index contributed by atoms with van der Waals surface area (Å²) < 4.78 is 0. The highest BCUT2D eigenvalue weighted by molar-refractivity contribution is 5.76. The molecule has 1 aliphatic heterocycles. The van der Waals surface area contributed by atoms with Gasteiger partial charge in [-0.15, -0.1) is 0 Å². The van der Waals surface area contributed by atoms with E-state index >= 15 is 0 Å². The zero-order valence-corrected chi connectivity index (χ0v) is 9.35. The monoisotopic (exact) mass is 215 g/mol. The third-order valence-electron chi connectivity index (χ3n) is 2.99. The number of carbonyl (C=O) groups is 1. The van der Waals surface area contributed by atoms with Crippen molar-refractivity contribution in [3.05, 3.63) is 0 Å². The summed E-state index contributed by atoms with van der Waals surface area (Å²) in [5.41, 5.74) is 0. The minimum Gasteiger partial charge on any atom is -0.396 e. The molecule has 2 N–H and O–H groups in total. The minimum absolute atomic E-state index is 0.0418. The van der Waals surface area contributed by atoms with Crippen molar-refractivity contribution in [2.24, 2.45) is 5.92 Å². The van der Waals surface area contributed by atoms with Crippen molar-refractivity contribution in [2.75, 3.05) is 19.7 Å². The van der Waals surface area contributed by atoms with Crippen molar-refractivity contribution in [1.82, 2.24) is 4.90 Å². The van der Waals surface area contributed by atoms with Gasteiger partial charge in [-0.3, -0.25) is 4.79 Å². The highest BCUT2D eigenvalue weighted by Crippen LogP contribution is 2.17. The van der Waals surface area contributed by atoms with Gasteiger partial charge in [-0.1, -0.05) is 19.8 Å². The lowest BCUT2D eigenvalue weighted by molar-refractivity contribution is -0.130. The van der Waals surface area contributed by atoms with E-state index in [-0.39, 0.29) is 18.4 Å². The number of hydrogen-bond donors (Lipinski definition) is 2. The Morgan fingerprint density at radius 2 is 2.13 bits per heavy atom. The second-order valence-electron chi connectivity index (χ2n) is 4.27. The summed E-state index contributed by atoms with van der Waals surface area (Å²) in [4.78, 5) is 13.3. The zero-order chi connectivity index (χ0) is 11.3. The van der Waals surface area contributed by atoms with Crippen LogP contribution in [-0.4, -0.2) is 46.8 Å². The number of nitrogens with zero attached hydrogens (tertiary/aromatic N) is 1. The maximum Gasteiger partial charge on any atom is 0.222 e. The lowest BCUT2D eigenvalue weighted by atomic mass is 10.1. The van der Waals surface area contributed by atoms with Gasteiger partial charge >= 0.3 is 0 Å². The van der Waals surface area contributed by atoms with E-state index in [1.807, 2.05) is 0 Å². The molecule has 0 aromatic rings. The van der Waals surface area contributed by atoms with Gasteiger partial charge in [0.25, 0.3) is 0 Å². The fourth-order valence-corrected chi connectivity index (χ4v) is 1.92. The van der Waals surface area contributed by atoms with Gasteiger partial charge in [0.2, 0.25) is 5.91 Å². The molecule has 0 radical (unpaired) electrons. The number of aliphatic hydroxyl groups is 2. The Morgan fingerprint density at radius 1 is 1.40 bits per heavy atom. The smallest absolute Gasteiger partial charge is 0.222 e. The Hall–Kier alpha value is -0.610. The van der Waals surface area contributed by atoms with Gasteiger partial charge in [0, 0.05) is 25.4 Å². The summed E-state index contributed by atoms with van der Waals surface area (Å²) in [6, 6.07) is 0. The Kier molecular flexibility index (Phi) is 5.05.